The van der Waals surface area contributed by atoms with Crippen LogP contribution in [0.15, 0.2) is 0 Å². The Balaban J connectivity index is 1.82. The Kier molecular flexibility index (Phi) is 4.38. The van der Waals surface area contributed by atoms with Crippen molar-refractivity contribution in [1.29, 1.82) is 0 Å². The summed E-state index contributed by atoms with van der Waals surface area (Å²) >= 11 is 0. The van der Waals surface area contributed by atoms with Crippen molar-refractivity contribution >= 4 is 17.6 Å². The largest absolute Gasteiger partial charge is 0.299 e. The summed E-state index contributed by atoms with van der Waals surface area (Å²) in [5.41, 5.74) is 0. The molecule has 0 bridgehead atoms. The van der Waals surface area contributed by atoms with Crippen molar-refractivity contribution in [3.05, 3.63) is 0 Å². The normalized spacial score (nSPS) is 28.3. The minimum absolute atomic E-state index is 0.0228. The molecule has 0 spiro atoms. The zero-order valence-electron chi connectivity index (χ0n) is 11.9. The maximum absolute atomic E-state index is 11.9. The Bertz CT molecular complexity index is 365. The summed E-state index contributed by atoms with van der Waals surface area (Å²) < 4.78 is 0. The van der Waals surface area contributed by atoms with Gasteiger partial charge < -0.3 is 0 Å². The van der Waals surface area contributed by atoms with E-state index < -0.39 is 0 Å². The maximum Gasteiger partial charge on any atom is 0.229 e. The molecule has 1 saturated carbocycles. The summed E-state index contributed by atoms with van der Waals surface area (Å²) in [7, 11) is 0. The van der Waals surface area contributed by atoms with Crippen LogP contribution >= 0.6 is 0 Å². The highest BCUT2D eigenvalue weighted by molar-refractivity contribution is 6.01. The molecule has 2 rings (SSSR count). The second-order valence-corrected chi connectivity index (χ2v) is 6.17. The Morgan fingerprint density at radius 3 is 2.11 bits per heavy atom. The molecule has 0 aromatic carbocycles. The number of likely N-dealkylation sites (tertiary alicyclic amines) is 1. The van der Waals surface area contributed by atoms with Crippen LogP contribution < -0.4 is 0 Å². The Morgan fingerprint density at radius 2 is 1.63 bits per heavy atom. The van der Waals surface area contributed by atoms with E-state index in [0.29, 0.717) is 31.1 Å². The van der Waals surface area contributed by atoms with Crippen molar-refractivity contribution in [1.82, 2.24) is 4.90 Å². The molecule has 1 heterocycles. The van der Waals surface area contributed by atoms with E-state index in [0.717, 1.165) is 25.7 Å². The molecule has 2 fully saturated rings. The lowest BCUT2D eigenvalue weighted by molar-refractivity contribution is -0.139. The SMILES string of the molecule is CC(C)C(=O)C1CCC(CN2C(=O)CCC2=O)CC1. The van der Waals surface area contributed by atoms with E-state index in [1.165, 1.54) is 4.90 Å². The Hall–Kier alpha value is -1.19. The number of Topliss-reactive ketones (excluding diaryl/α,β-unsaturated/α-hetero) is 1. The van der Waals surface area contributed by atoms with Crippen LogP contribution in [0, 0.1) is 17.8 Å². The van der Waals surface area contributed by atoms with Crippen LogP contribution in [0.2, 0.25) is 0 Å². The fraction of sp³-hybridized carbons (Fsp3) is 0.800. The van der Waals surface area contributed by atoms with Gasteiger partial charge in [0.2, 0.25) is 11.8 Å². The van der Waals surface area contributed by atoms with Crippen LogP contribution in [0.5, 0.6) is 0 Å². The second kappa shape index (κ2) is 5.85. The van der Waals surface area contributed by atoms with E-state index in [1.54, 1.807) is 0 Å². The smallest absolute Gasteiger partial charge is 0.229 e. The molecular formula is C15H23NO3. The van der Waals surface area contributed by atoms with E-state index in [9.17, 15) is 14.4 Å². The molecule has 1 saturated heterocycles. The van der Waals surface area contributed by atoms with Gasteiger partial charge in [-0.1, -0.05) is 13.8 Å². The number of carbonyl (C=O) groups is 3. The third-order valence-electron chi connectivity index (χ3n) is 4.41. The summed E-state index contributed by atoms with van der Waals surface area (Å²) in [6.07, 6.45) is 4.50. The van der Waals surface area contributed by atoms with Gasteiger partial charge in [0, 0.05) is 31.2 Å². The van der Waals surface area contributed by atoms with Gasteiger partial charge in [-0.3, -0.25) is 19.3 Å². The van der Waals surface area contributed by atoms with E-state index >= 15 is 0 Å². The highest BCUT2D eigenvalue weighted by Crippen LogP contribution is 2.32. The molecule has 0 aromatic heterocycles. The van der Waals surface area contributed by atoms with Crippen LogP contribution in [-0.2, 0) is 14.4 Å². The van der Waals surface area contributed by atoms with Crippen molar-refractivity contribution < 1.29 is 14.4 Å². The van der Waals surface area contributed by atoms with Crippen molar-refractivity contribution in [2.24, 2.45) is 17.8 Å². The van der Waals surface area contributed by atoms with Gasteiger partial charge >= 0.3 is 0 Å². The van der Waals surface area contributed by atoms with Gasteiger partial charge in [-0.15, -0.1) is 0 Å². The standard InChI is InChI=1S/C15H23NO3/c1-10(2)15(19)12-5-3-11(4-6-12)9-16-13(17)7-8-14(16)18/h10-12H,3-9H2,1-2H3. The Labute approximate surface area is 114 Å². The van der Waals surface area contributed by atoms with E-state index in [4.69, 9.17) is 0 Å². The fourth-order valence-electron chi connectivity index (χ4n) is 3.19. The van der Waals surface area contributed by atoms with Crippen LogP contribution in [0.3, 0.4) is 0 Å². The Morgan fingerprint density at radius 1 is 1.11 bits per heavy atom. The minimum atomic E-state index is -0.0228. The first kappa shape index (κ1) is 14.2. The van der Waals surface area contributed by atoms with Gasteiger partial charge in [0.25, 0.3) is 0 Å². The highest BCUT2D eigenvalue weighted by atomic mass is 16.2. The van der Waals surface area contributed by atoms with Crippen molar-refractivity contribution in [3.63, 3.8) is 0 Å². The molecular weight excluding hydrogens is 242 g/mol. The number of hydrogen-bond acceptors (Lipinski definition) is 3. The summed E-state index contributed by atoms with van der Waals surface area (Å²) in [4.78, 5) is 36.5. The molecule has 0 radical (unpaired) electrons. The first-order valence-electron chi connectivity index (χ1n) is 7.36. The van der Waals surface area contributed by atoms with Gasteiger partial charge in [0.15, 0.2) is 0 Å². The average molecular weight is 265 g/mol. The third-order valence-corrected chi connectivity index (χ3v) is 4.41. The quantitative estimate of drug-likeness (QED) is 0.732. The van der Waals surface area contributed by atoms with E-state index in [1.807, 2.05) is 13.8 Å². The topological polar surface area (TPSA) is 54.5 Å². The molecule has 1 aliphatic carbocycles. The summed E-state index contributed by atoms with van der Waals surface area (Å²) in [5, 5.41) is 0. The number of rotatable bonds is 4. The number of amides is 2. The molecule has 4 nitrogen and oxygen atoms in total. The number of hydrogen-bond donors (Lipinski definition) is 0. The van der Waals surface area contributed by atoms with Crippen LogP contribution in [0.1, 0.15) is 52.4 Å². The lowest BCUT2D eigenvalue weighted by Crippen LogP contribution is -2.36. The first-order valence-corrected chi connectivity index (χ1v) is 7.36. The second-order valence-electron chi connectivity index (χ2n) is 6.17. The number of nitrogens with zero attached hydrogens (tertiary/aromatic N) is 1. The molecule has 4 heteroatoms. The van der Waals surface area contributed by atoms with Crippen molar-refractivity contribution in [2.45, 2.75) is 52.4 Å². The fourth-order valence-corrected chi connectivity index (χ4v) is 3.19. The van der Waals surface area contributed by atoms with Gasteiger partial charge in [-0.2, -0.15) is 0 Å². The monoisotopic (exact) mass is 265 g/mol. The van der Waals surface area contributed by atoms with Crippen LogP contribution in [-0.4, -0.2) is 29.0 Å². The zero-order valence-corrected chi connectivity index (χ0v) is 11.9. The third kappa shape index (κ3) is 3.23. The minimum Gasteiger partial charge on any atom is -0.299 e. The lowest BCUT2D eigenvalue weighted by Gasteiger charge is -2.30. The number of carbonyl (C=O) groups excluding carboxylic acids is 3. The molecule has 106 valence electrons. The zero-order chi connectivity index (χ0) is 14.0. The molecule has 0 N–H and O–H groups in total. The predicted octanol–water partition coefficient (Wildman–Crippen LogP) is 2.17. The lowest BCUT2D eigenvalue weighted by atomic mass is 9.77. The molecule has 0 atom stereocenters. The molecule has 19 heavy (non-hydrogen) atoms. The summed E-state index contributed by atoms with van der Waals surface area (Å²) in [6.45, 7) is 4.48. The number of ketones is 1. The molecule has 0 aromatic rings. The van der Waals surface area contributed by atoms with Gasteiger partial charge in [0.05, 0.1) is 0 Å². The van der Waals surface area contributed by atoms with Crippen molar-refractivity contribution in [3.8, 4) is 0 Å². The molecule has 1 aliphatic heterocycles. The average Bonchev–Trinajstić information content (AvgIpc) is 2.70. The van der Waals surface area contributed by atoms with E-state index in [2.05, 4.69) is 0 Å². The van der Waals surface area contributed by atoms with Crippen LogP contribution in [0.4, 0.5) is 0 Å². The van der Waals surface area contributed by atoms with Gasteiger partial charge in [0.1, 0.15) is 5.78 Å². The predicted molar refractivity (Wildman–Crippen MR) is 71.2 cm³/mol. The van der Waals surface area contributed by atoms with E-state index in [-0.39, 0.29) is 23.7 Å². The first-order chi connectivity index (χ1) is 8.99. The van der Waals surface area contributed by atoms with Gasteiger partial charge in [-0.05, 0) is 31.6 Å². The van der Waals surface area contributed by atoms with Crippen LogP contribution in [0.25, 0.3) is 0 Å². The van der Waals surface area contributed by atoms with Gasteiger partial charge in [-0.25, -0.2) is 0 Å². The van der Waals surface area contributed by atoms with Crippen molar-refractivity contribution in [2.75, 3.05) is 6.54 Å². The molecule has 2 amide bonds. The molecule has 0 unspecified atom stereocenters. The summed E-state index contributed by atoms with van der Waals surface area (Å²) in [6, 6.07) is 0. The summed E-state index contributed by atoms with van der Waals surface area (Å²) in [5.74, 6) is 1.02. The maximum atomic E-state index is 11.9. The highest BCUT2D eigenvalue weighted by Gasteiger charge is 2.33. The molecule has 2 aliphatic rings. The number of imide groups is 1.